The number of ether oxygens (including phenoxy) is 2. The largest absolute Gasteiger partial charge is 0.465 e. The first kappa shape index (κ1) is 24.4. The van der Waals surface area contributed by atoms with E-state index < -0.39 is 6.29 Å². The van der Waals surface area contributed by atoms with E-state index >= 15 is 0 Å². The Morgan fingerprint density at radius 2 is 1.40 bits per heavy atom. The summed E-state index contributed by atoms with van der Waals surface area (Å²) in [5.41, 5.74) is 8.34. The molecule has 0 amide bonds. The second kappa shape index (κ2) is 9.53. The fraction of sp³-hybridized carbons (Fsp3) is 0.556. The second-order valence-electron chi connectivity index (χ2n) is 10.1. The van der Waals surface area contributed by atoms with Crippen molar-refractivity contribution in [2.24, 2.45) is 16.6 Å². The topological polar surface area (TPSA) is 44.5 Å². The zero-order valence-electron chi connectivity index (χ0n) is 20.2. The first-order valence-electron chi connectivity index (χ1n) is 11.1. The van der Waals surface area contributed by atoms with Crippen molar-refractivity contribution in [2.45, 2.75) is 86.2 Å². The van der Waals surface area contributed by atoms with E-state index in [2.05, 4.69) is 84.0 Å². The molecule has 0 saturated heterocycles. The monoisotopic (exact) mass is 411 g/mol. The Morgan fingerprint density at radius 1 is 0.833 bits per heavy atom. The van der Waals surface area contributed by atoms with Gasteiger partial charge in [0.25, 0.3) is 0 Å². The highest BCUT2D eigenvalue weighted by Crippen LogP contribution is 2.55. The number of rotatable bonds is 10. The highest BCUT2D eigenvalue weighted by atomic mass is 16.7. The molecule has 2 N–H and O–H groups in total. The number of aryl methyl sites for hydroxylation is 1. The average molecular weight is 412 g/mol. The fourth-order valence-corrected chi connectivity index (χ4v) is 4.19. The van der Waals surface area contributed by atoms with Crippen molar-refractivity contribution in [3.63, 3.8) is 0 Å². The Balaban J connectivity index is 2.29. The van der Waals surface area contributed by atoms with Crippen LogP contribution in [0.25, 0.3) is 0 Å². The van der Waals surface area contributed by atoms with E-state index in [1.807, 2.05) is 26.0 Å². The molecule has 166 valence electrons. The summed E-state index contributed by atoms with van der Waals surface area (Å²) >= 11 is 0. The minimum atomic E-state index is -0.406. The van der Waals surface area contributed by atoms with Gasteiger partial charge in [-0.05, 0) is 54.6 Å². The predicted molar refractivity (Wildman–Crippen MR) is 127 cm³/mol. The molecular formula is C27H41NO2. The Kier molecular flexibility index (Phi) is 7.76. The van der Waals surface area contributed by atoms with Crippen molar-refractivity contribution in [3.05, 3.63) is 65.7 Å². The fourth-order valence-electron chi connectivity index (χ4n) is 4.19. The molecule has 3 heteroatoms. The van der Waals surface area contributed by atoms with Crippen LogP contribution in [0, 0.1) is 10.8 Å². The van der Waals surface area contributed by atoms with E-state index in [1.54, 1.807) is 0 Å². The molecule has 2 unspecified atom stereocenters. The summed E-state index contributed by atoms with van der Waals surface area (Å²) in [4.78, 5) is 0. The first-order valence-corrected chi connectivity index (χ1v) is 11.1. The zero-order valence-corrected chi connectivity index (χ0v) is 20.2. The van der Waals surface area contributed by atoms with Crippen molar-refractivity contribution in [1.29, 1.82) is 0 Å². The molecule has 0 bridgehead atoms. The van der Waals surface area contributed by atoms with Crippen LogP contribution >= 0.6 is 0 Å². The lowest BCUT2D eigenvalue weighted by Crippen LogP contribution is -2.47. The minimum absolute atomic E-state index is 0.000498. The van der Waals surface area contributed by atoms with E-state index in [1.165, 1.54) is 11.1 Å². The van der Waals surface area contributed by atoms with Gasteiger partial charge in [-0.25, -0.2) is 0 Å². The third-order valence-electron chi connectivity index (χ3n) is 7.40. The maximum atomic E-state index is 6.18. The Labute approximate surface area is 184 Å². The van der Waals surface area contributed by atoms with Crippen LogP contribution in [-0.2, 0) is 16.6 Å². The molecule has 2 atom stereocenters. The Morgan fingerprint density at radius 3 is 2.00 bits per heavy atom. The summed E-state index contributed by atoms with van der Waals surface area (Å²) in [6, 6.07) is 19.1. The van der Waals surface area contributed by atoms with Crippen molar-refractivity contribution >= 4 is 0 Å². The van der Waals surface area contributed by atoms with Gasteiger partial charge < -0.3 is 15.2 Å². The second-order valence-corrected chi connectivity index (χ2v) is 10.1. The molecule has 3 nitrogen and oxygen atoms in total. The predicted octanol–water partition coefficient (Wildman–Crippen LogP) is 6.70. The van der Waals surface area contributed by atoms with Crippen molar-refractivity contribution in [3.8, 4) is 5.75 Å². The number of para-hydroxylation sites is 1. The lowest BCUT2D eigenvalue weighted by atomic mass is 9.51. The van der Waals surface area contributed by atoms with Gasteiger partial charge in [0.15, 0.2) is 6.29 Å². The summed E-state index contributed by atoms with van der Waals surface area (Å²) in [7, 11) is 0. The van der Waals surface area contributed by atoms with Crippen LogP contribution < -0.4 is 10.5 Å². The maximum Gasteiger partial charge on any atom is 0.198 e. The van der Waals surface area contributed by atoms with E-state index in [-0.39, 0.29) is 22.5 Å². The van der Waals surface area contributed by atoms with Crippen LogP contribution in [0.1, 0.15) is 72.9 Å². The van der Waals surface area contributed by atoms with E-state index in [0.717, 1.165) is 18.6 Å². The molecule has 30 heavy (non-hydrogen) atoms. The van der Waals surface area contributed by atoms with Gasteiger partial charge in [0.1, 0.15) is 12.0 Å². The van der Waals surface area contributed by atoms with E-state index in [4.69, 9.17) is 15.2 Å². The zero-order chi connectivity index (χ0) is 22.6. The number of hydrogen-bond donors (Lipinski definition) is 1. The molecule has 0 aliphatic carbocycles. The van der Waals surface area contributed by atoms with Crippen molar-refractivity contribution < 1.29 is 9.47 Å². The van der Waals surface area contributed by atoms with Gasteiger partial charge in [-0.3, -0.25) is 0 Å². The molecule has 0 fully saturated rings. The van der Waals surface area contributed by atoms with Gasteiger partial charge in [0, 0.05) is 5.56 Å². The first-order chi connectivity index (χ1) is 13.9. The number of hydrogen-bond acceptors (Lipinski definition) is 3. The van der Waals surface area contributed by atoms with Crippen LogP contribution in [0.3, 0.4) is 0 Å². The van der Waals surface area contributed by atoms with Gasteiger partial charge in [-0.1, -0.05) is 90.1 Å². The molecule has 0 aromatic heterocycles. The Bertz CT molecular complexity index is 794. The lowest BCUT2D eigenvalue weighted by Gasteiger charge is -2.53. The van der Waals surface area contributed by atoms with Crippen LogP contribution in [0.5, 0.6) is 5.75 Å². The lowest BCUT2D eigenvalue weighted by molar-refractivity contribution is -0.100. The molecule has 0 saturated carbocycles. The van der Waals surface area contributed by atoms with Crippen LogP contribution in [0.2, 0.25) is 0 Å². The standard InChI is InChI=1S/C27H41NO2/c1-20(28)29-21(2)30-24-17-13-12-16-23(24)26(5,6)27(7,8)25(3,4)19-18-22-14-10-9-11-15-22/h9-17,20-21H,18-19,28H2,1-8H3. The van der Waals surface area contributed by atoms with Crippen LogP contribution in [0.15, 0.2) is 54.6 Å². The Hall–Kier alpha value is -1.84. The van der Waals surface area contributed by atoms with Gasteiger partial charge in [0.2, 0.25) is 0 Å². The molecule has 2 rings (SSSR count). The average Bonchev–Trinajstić information content (AvgIpc) is 2.66. The SMILES string of the molecule is CC(N)OC(C)Oc1ccccc1C(C)(C)C(C)(C)C(C)(C)CCc1ccccc1. The molecule has 2 aromatic carbocycles. The van der Waals surface area contributed by atoms with Crippen LogP contribution in [0.4, 0.5) is 0 Å². The number of benzene rings is 2. The molecule has 0 aliphatic heterocycles. The molecule has 2 aromatic rings. The summed E-state index contributed by atoms with van der Waals surface area (Å²) < 4.78 is 11.8. The summed E-state index contributed by atoms with van der Waals surface area (Å²) in [5.74, 6) is 0.864. The maximum absolute atomic E-state index is 6.18. The highest BCUT2D eigenvalue weighted by molar-refractivity contribution is 5.41. The summed E-state index contributed by atoms with van der Waals surface area (Å²) in [6.07, 6.45) is 1.41. The third kappa shape index (κ3) is 5.44. The van der Waals surface area contributed by atoms with Gasteiger partial charge in [-0.2, -0.15) is 0 Å². The molecule has 0 aliphatic rings. The minimum Gasteiger partial charge on any atom is -0.465 e. The van der Waals surface area contributed by atoms with Crippen molar-refractivity contribution in [1.82, 2.24) is 0 Å². The van der Waals surface area contributed by atoms with Gasteiger partial charge >= 0.3 is 0 Å². The smallest absolute Gasteiger partial charge is 0.198 e. The summed E-state index contributed by atoms with van der Waals surface area (Å²) in [5, 5.41) is 0. The van der Waals surface area contributed by atoms with Crippen molar-refractivity contribution in [2.75, 3.05) is 0 Å². The summed E-state index contributed by atoms with van der Waals surface area (Å²) in [6.45, 7) is 17.9. The third-order valence-corrected chi connectivity index (χ3v) is 7.40. The quantitative estimate of drug-likeness (QED) is 0.443. The van der Waals surface area contributed by atoms with Gasteiger partial charge in [-0.15, -0.1) is 0 Å². The van der Waals surface area contributed by atoms with E-state index in [0.29, 0.717) is 0 Å². The number of nitrogens with two attached hydrogens (primary N) is 1. The highest BCUT2D eigenvalue weighted by Gasteiger charge is 2.49. The molecule has 0 heterocycles. The van der Waals surface area contributed by atoms with Gasteiger partial charge in [0.05, 0.1) is 0 Å². The normalized spacial score (nSPS) is 15.0. The van der Waals surface area contributed by atoms with Crippen LogP contribution in [-0.4, -0.2) is 12.5 Å². The molecule has 0 spiro atoms. The van der Waals surface area contributed by atoms with E-state index in [9.17, 15) is 0 Å². The molecule has 0 radical (unpaired) electrons. The molecular weight excluding hydrogens is 370 g/mol.